The number of alkyl halides is 3. The summed E-state index contributed by atoms with van der Waals surface area (Å²) in [5, 5.41) is 0.874. The summed E-state index contributed by atoms with van der Waals surface area (Å²) in [6, 6.07) is 12.6. The van der Waals surface area contributed by atoms with Gasteiger partial charge in [0.25, 0.3) is 0 Å². The van der Waals surface area contributed by atoms with Gasteiger partial charge in [0.1, 0.15) is 0 Å². The van der Waals surface area contributed by atoms with Crippen molar-refractivity contribution in [3.05, 3.63) is 69.7 Å². The van der Waals surface area contributed by atoms with Gasteiger partial charge in [-0.2, -0.15) is 13.2 Å². The molecule has 1 aliphatic rings. The molecule has 0 radical (unpaired) electrons. The molecule has 0 aromatic heterocycles. The number of benzene rings is 2. The van der Waals surface area contributed by atoms with E-state index in [2.05, 4.69) is 0 Å². The monoisotopic (exact) mass is 388 g/mol. The molecule has 0 bridgehead atoms. The third-order valence-electron chi connectivity index (χ3n) is 4.18. The summed E-state index contributed by atoms with van der Waals surface area (Å²) in [6.07, 6.45) is -3.79. The predicted molar refractivity (Wildman–Crippen MR) is 88.6 cm³/mol. The summed E-state index contributed by atoms with van der Waals surface area (Å²) in [5.74, 6) is -2.47. The molecule has 2 aromatic rings. The first-order chi connectivity index (χ1) is 11.7. The van der Waals surface area contributed by atoms with Crippen LogP contribution < -0.4 is 0 Å². The van der Waals surface area contributed by atoms with Gasteiger partial charge in [-0.15, -0.1) is 0 Å². The number of rotatable bonds is 4. The summed E-state index contributed by atoms with van der Waals surface area (Å²) in [7, 11) is 0. The number of esters is 1. The molecule has 2 aromatic carbocycles. The second-order valence-electron chi connectivity index (χ2n) is 5.91. The highest BCUT2D eigenvalue weighted by molar-refractivity contribution is 6.30. The van der Waals surface area contributed by atoms with Gasteiger partial charge in [0.15, 0.2) is 5.60 Å². The molecular weight excluding hydrogens is 376 g/mol. The Labute approximate surface area is 152 Å². The lowest BCUT2D eigenvalue weighted by molar-refractivity contribution is -0.213. The Morgan fingerprint density at radius 2 is 1.28 bits per heavy atom. The number of hydrogen-bond acceptors (Lipinski definition) is 2. The molecule has 0 atom stereocenters. The van der Waals surface area contributed by atoms with Crippen LogP contribution in [0.5, 0.6) is 0 Å². The minimum Gasteiger partial charge on any atom is -0.442 e. The maximum absolute atomic E-state index is 12.9. The molecule has 0 unspecified atom stereocenters. The van der Waals surface area contributed by atoms with Gasteiger partial charge >= 0.3 is 12.1 Å². The van der Waals surface area contributed by atoms with Crippen LogP contribution in [0.1, 0.15) is 24.0 Å². The van der Waals surface area contributed by atoms with Gasteiger partial charge in [0, 0.05) is 27.1 Å². The summed E-state index contributed by atoms with van der Waals surface area (Å²) in [4.78, 5) is 11.7. The van der Waals surface area contributed by atoms with E-state index in [1.165, 1.54) is 0 Å². The van der Waals surface area contributed by atoms with Gasteiger partial charge in [0.2, 0.25) is 0 Å². The molecule has 0 heterocycles. The van der Waals surface area contributed by atoms with Crippen molar-refractivity contribution in [1.29, 1.82) is 0 Å². The van der Waals surface area contributed by atoms with Gasteiger partial charge in [-0.3, -0.25) is 0 Å². The highest BCUT2D eigenvalue weighted by Gasteiger charge is 2.55. The third-order valence-corrected chi connectivity index (χ3v) is 4.69. The SMILES string of the molecule is O=C(OC(c1ccc(Cl)cc1)(c1ccc(Cl)cc1)C1CC1)C(F)(F)F. The van der Waals surface area contributed by atoms with Crippen molar-refractivity contribution in [1.82, 2.24) is 0 Å². The molecular formula is C18H13Cl2F3O2. The average molecular weight is 389 g/mol. The molecule has 0 amide bonds. The largest absolute Gasteiger partial charge is 0.490 e. The fraction of sp³-hybridized carbons (Fsp3) is 0.278. The Kier molecular flexibility index (Phi) is 4.73. The maximum Gasteiger partial charge on any atom is 0.490 e. The molecule has 0 aliphatic heterocycles. The van der Waals surface area contributed by atoms with Crippen LogP contribution in [0.4, 0.5) is 13.2 Å². The van der Waals surface area contributed by atoms with Crippen LogP contribution >= 0.6 is 23.2 Å². The van der Waals surface area contributed by atoms with Gasteiger partial charge in [-0.1, -0.05) is 47.5 Å². The second-order valence-corrected chi connectivity index (χ2v) is 6.78. The number of hydrogen-bond donors (Lipinski definition) is 0. The first-order valence-electron chi connectivity index (χ1n) is 7.56. The Morgan fingerprint density at radius 1 is 0.880 bits per heavy atom. The Morgan fingerprint density at radius 3 is 1.60 bits per heavy atom. The molecule has 0 saturated heterocycles. The van der Waals surface area contributed by atoms with Crippen molar-refractivity contribution in [2.24, 2.45) is 5.92 Å². The van der Waals surface area contributed by atoms with Crippen molar-refractivity contribution in [3.63, 3.8) is 0 Å². The third kappa shape index (κ3) is 3.62. The van der Waals surface area contributed by atoms with E-state index < -0.39 is 17.7 Å². The van der Waals surface area contributed by atoms with Crippen LogP contribution in [0.25, 0.3) is 0 Å². The van der Waals surface area contributed by atoms with Crippen molar-refractivity contribution in [2.75, 3.05) is 0 Å². The zero-order valence-electron chi connectivity index (χ0n) is 12.8. The Bertz CT molecular complexity index is 721. The highest BCUT2D eigenvalue weighted by atomic mass is 35.5. The minimum atomic E-state index is -5.08. The van der Waals surface area contributed by atoms with Crippen molar-refractivity contribution in [2.45, 2.75) is 24.6 Å². The molecule has 0 N–H and O–H groups in total. The molecule has 25 heavy (non-hydrogen) atoms. The van der Waals surface area contributed by atoms with E-state index in [0.29, 0.717) is 34.0 Å². The number of ether oxygens (including phenoxy) is 1. The molecule has 1 aliphatic carbocycles. The average Bonchev–Trinajstić information content (AvgIpc) is 3.38. The van der Waals surface area contributed by atoms with E-state index >= 15 is 0 Å². The van der Waals surface area contributed by atoms with Gasteiger partial charge in [-0.25, -0.2) is 4.79 Å². The summed E-state index contributed by atoms with van der Waals surface area (Å²) < 4.78 is 43.8. The first kappa shape index (κ1) is 18.1. The lowest BCUT2D eigenvalue weighted by Crippen LogP contribution is -2.40. The lowest BCUT2D eigenvalue weighted by Gasteiger charge is -2.35. The zero-order chi connectivity index (χ0) is 18.2. The topological polar surface area (TPSA) is 26.3 Å². The van der Waals surface area contributed by atoms with Gasteiger partial charge in [0.05, 0.1) is 0 Å². The molecule has 1 fully saturated rings. The highest BCUT2D eigenvalue weighted by Crippen LogP contribution is 2.53. The van der Waals surface area contributed by atoms with Gasteiger partial charge in [-0.05, 0) is 37.1 Å². The van der Waals surface area contributed by atoms with E-state index in [1.807, 2.05) is 0 Å². The fourth-order valence-corrected chi connectivity index (χ4v) is 3.18. The van der Waals surface area contributed by atoms with Crippen molar-refractivity contribution in [3.8, 4) is 0 Å². The van der Waals surface area contributed by atoms with Crippen LogP contribution in [0.3, 0.4) is 0 Å². The molecule has 132 valence electrons. The molecule has 3 rings (SSSR count). The van der Waals surface area contributed by atoms with Crippen molar-refractivity contribution < 1.29 is 22.7 Å². The van der Waals surface area contributed by atoms with Crippen LogP contribution in [-0.2, 0) is 15.1 Å². The number of halogens is 5. The van der Waals surface area contributed by atoms with Crippen LogP contribution in [0.2, 0.25) is 10.0 Å². The minimum absolute atomic E-state index is 0.249. The summed E-state index contributed by atoms with van der Waals surface area (Å²) >= 11 is 11.8. The smallest absolute Gasteiger partial charge is 0.442 e. The zero-order valence-corrected chi connectivity index (χ0v) is 14.3. The Balaban J connectivity index is 2.16. The molecule has 2 nitrogen and oxygen atoms in total. The van der Waals surface area contributed by atoms with Crippen LogP contribution in [0, 0.1) is 5.92 Å². The normalized spacial score (nSPS) is 15.1. The molecule has 1 saturated carbocycles. The number of carbonyl (C=O) groups excluding carboxylic acids is 1. The van der Waals surface area contributed by atoms with Crippen molar-refractivity contribution >= 4 is 29.2 Å². The van der Waals surface area contributed by atoms with E-state index in [4.69, 9.17) is 27.9 Å². The summed E-state index contributed by atoms with van der Waals surface area (Å²) in [5.41, 5.74) is -0.638. The van der Waals surface area contributed by atoms with E-state index in [-0.39, 0.29) is 5.92 Å². The Hall–Kier alpha value is -1.72. The standard InChI is InChI=1S/C18H13Cl2F3O2/c19-14-7-3-12(4-8-14)17(11-1-2-11,25-16(24)18(21,22)23)13-5-9-15(20)10-6-13/h3-11H,1-2H2. The van der Waals surface area contributed by atoms with Crippen LogP contribution in [0.15, 0.2) is 48.5 Å². The van der Waals surface area contributed by atoms with E-state index in [9.17, 15) is 18.0 Å². The lowest BCUT2D eigenvalue weighted by atomic mass is 9.81. The van der Waals surface area contributed by atoms with Gasteiger partial charge < -0.3 is 4.74 Å². The fourth-order valence-electron chi connectivity index (χ4n) is 2.93. The first-order valence-corrected chi connectivity index (χ1v) is 8.31. The van der Waals surface area contributed by atoms with E-state index in [0.717, 1.165) is 0 Å². The van der Waals surface area contributed by atoms with E-state index in [1.54, 1.807) is 48.5 Å². The van der Waals surface area contributed by atoms with Crippen LogP contribution in [-0.4, -0.2) is 12.1 Å². The molecule has 7 heteroatoms. The molecule has 0 spiro atoms. The predicted octanol–water partition coefficient (Wildman–Crippen LogP) is 5.75. The maximum atomic E-state index is 12.9. The number of carbonyl (C=O) groups is 1. The summed E-state index contributed by atoms with van der Waals surface area (Å²) in [6.45, 7) is 0. The quantitative estimate of drug-likeness (QED) is 0.623. The second kappa shape index (κ2) is 6.54.